The zero-order valence-corrected chi connectivity index (χ0v) is 12.6. The van der Waals surface area contributed by atoms with Crippen LogP contribution in [-0.4, -0.2) is 37.3 Å². The summed E-state index contributed by atoms with van der Waals surface area (Å²) in [5, 5.41) is 3.10. The van der Waals surface area contributed by atoms with Crippen LogP contribution >= 0.6 is 23.2 Å². The van der Waals surface area contributed by atoms with E-state index in [1.54, 1.807) is 6.92 Å². The Morgan fingerprint density at radius 3 is 2.65 bits per heavy atom. The van der Waals surface area contributed by atoms with Crippen LogP contribution in [0.5, 0.6) is 0 Å². The molecule has 92 valence electrons. The van der Waals surface area contributed by atoms with Crippen molar-refractivity contribution in [3.8, 4) is 0 Å². The van der Waals surface area contributed by atoms with Crippen molar-refractivity contribution in [3.63, 3.8) is 0 Å². The van der Waals surface area contributed by atoms with Gasteiger partial charge in [0.2, 0.25) is 0 Å². The number of carbonyl (C=O) groups is 1. The number of carbonyl (C=O) groups excluding carboxylic acids is 1. The van der Waals surface area contributed by atoms with E-state index < -0.39 is 4.84 Å². The molecule has 1 rings (SSSR count). The van der Waals surface area contributed by atoms with Gasteiger partial charge in [0.05, 0.1) is 0 Å². The third kappa shape index (κ3) is 5.22. The van der Waals surface area contributed by atoms with Gasteiger partial charge < -0.3 is 0 Å². The average molecular weight is 337 g/mol. The molecule has 0 spiro atoms. The molecule has 0 saturated carbocycles. The van der Waals surface area contributed by atoms with Crippen LogP contribution in [0.15, 0.2) is 24.3 Å². The summed E-state index contributed by atoms with van der Waals surface area (Å²) in [5.41, 5.74) is 1.97. The van der Waals surface area contributed by atoms with E-state index in [0.29, 0.717) is 13.0 Å². The van der Waals surface area contributed by atoms with Gasteiger partial charge in [0.1, 0.15) is 0 Å². The van der Waals surface area contributed by atoms with E-state index >= 15 is 0 Å². The molecule has 0 aromatic heterocycles. The van der Waals surface area contributed by atoms with Gasteiger partial charge in [0.15, 0.2) is 0 Å². The van der Waals surface area contributed by atoms with Gasteiger partial charge in [0.25, 0.3) is 0 Å². The van der Waals surface area contributed by atoms with Crippen molar-refractivity contribution in [1.29, 1.82) is 0 Å². The Bertz CT molecular complexity index is 421. The number of hydrogen-bond donors (Lipinski definition) is 1. The van der Waals surface area contributed by atoms with Crippen LogP contribution in [0.4, 0.5) is 0 Å². The molecule has 0 heterocycles. The molecular formula is C12H13Cl2NOSe. The molecule has 17 heavy (non-hydrogen) atoms. The maximum atomic E-state index is 11.2. The summed E-state index contributed by atoms with van der Waals surface area (Å²) in [6.45, 7) is 2.04. The topological polar surface area (TPSA) is 29.1 Å². The van der Waals surface area contributed by atoms with E-state index in [-0.39, 0.29) is 5.78 Å². The zero-order chi connectivity index (χ0) is 12.8. The molecule has 0 unspecified atom stereocenters. The van der Waals surface area contributed by atoms with Crippen LogP contribution < -0.4 is 5.32 Å². The minimum absolute atomic E-state index is 0.137. The van der Waals surface area contributed by atoms with Crippen molar-refractivity contribution in [2.45, 2.75) is 18.2 Å². The van der Waals surface area contributed by atoms with Crippen LogP contribution in [0.1, 0.15) is 18.1 Å². The number of nitrogens with one attached hydrogen (secondary N) is 1. The molecule has 1 aromatic rings. The number of rotatable bonds is 6. The SMILES string of the molecule is CC(=O)Cc1ccccc1C(=[Se])NCC(Cl)Cl. The zero-order valence-electron chi connectivity index (χ0n) is 9.37. The Morgan fingerprint density at radius 1 is 1.41 bits per heavy atom. The second kappa shape index (κ2) is 7.17. The normalized spacial score (nSPS) is 10.4. The van der Waals surface area contributed by atoms with Crippen molar-refractivity contribution in [1.82, 2.24) is 5.32 Å². The molecule has 0 bridgehead atoms. The molecule has 0 aliphatic carbocycles. The van der Waals surface area contributed by atoms with Crippen molar-refractivity contribution < 1.29 is 4.79 Å². The first-order chi connectivity index (χ1) is 8.00. The summed E-state index contributed by atoms with van der Waals surface area (Å²) in [7, 11) is 0. The van der Waals surface area contributed by atoms with Crippen LogP contribution in [0.3, 0.4) is 0 Å². The van der Waals surface area contributed by atoms with Gasteiger partial charge >= 0.3 is 119 Å². The predicted molar refractivity (Wildman–Crippen MR) is 74.2 cm³/mol. The van der Waals surface area contributed by atoms with E-state index in [1.807, 2.05) is 24.3 Å². The Kier molecular flexibility index (Phi) is 6.21. The van der Waals surface area contributed by atoms with E-state index in [0.717, 1.165) is 15.7 Å². The summed E-state index contributed by atoms with van der Waals surface area (Å²) >= 11 is 14.2. The molecule has 2 nitrogen and oxygen atoms in total. The molecule has 0 aliphatic rings. The van der Waals surface area contributed by atoms with Crippen molar-refractivity contribution >= 4 is 49.1 Å². The first-order valence-electron chi connectivity index (χ1n) is 5.14. The Balaban J connectivity index is 2.81. The maximum absolute atomic E-state index is 11.2. The number of hydrogen-bond acceptors (Lipinski definition) is 2. The van der Waals surface area contributed by atoms with Crippen LogP contribution in [-0.2, 0) is 11.2 Å². The quantitative estimate of drug-likeness (QED) is 0.634. The summed E-state index contributed by atoms with van der Waals surface area (Å²) in [6.07, 6.45) is 0.425. The van der Waals surface area contributed by atoms with Gasteiger partial charge in [-0.1, -0.05) is 0 Å². The minimum atomic E-state index is -0.460. The van der Waals surface area contributed by atoms with E-state index in [9.17, 15) is 4.79 Å². The summed E-state index contributed by atoms with van der Waals surface area (Å²) < 4.78 is 0.855. The Morgan fingerprint density at radius 2 is 2.06 bits per heavy atom. The van der Waals surface area contributed by atoms with E-state index in [1.165, 1.54) is 0 Å². The molecule has 0 saturated heterocycles. The standard InChI is InChI=1S/C12H13Cl2NOSe/c1-8(16)6-9-4-2-3-5-10(9)12(17)15-7-11(13)14/h2-5,11H,6-7H2,1H3,(H,15,17). The Hall–Kier alpha value is -0.341. The second-order valence-electron chi connectivity index (χ2n) is 3.64. The first-order valence-corrected chi connectivity index (χ1v) is 6.87. The average Bonchev–Trinajstić information content (AvgIpc) is 2.25. The van der Waals surface area contributed by atoms with Crippen molar-refractivity contribution in [2.24, 2.45) is 0 Å². The third-order valence-corrected chi connectivity index (χ3v) is 3.19. The molecular weight excluding hydrogens is 324 g/mol. The fourth-order valence-corrected chi connectivity index (χ4v) is 2.18. The molecule has 0 amide bonds. The molecule has 0 fully saturated rings. The van der Waals surface area contributed by atoms with Crippen molar-refractivity contribution in [2.75, 3.05) is 6.54 Å². The van der Waals surface area contributed by atoms with Gasteiger partial charge in [-0.3, -0.25) is 0 Å². The predicted octanol–water partition coefficient (Wildman–Crippen LogP) is 1.86. The van der Waals surface area contributed by atoms with E-state index in [2.05, 4.69) is 20.9 Å². The second-order valence-corrected chi connectivity index (χ2v) is 5.77. The molecule has 1 N–H and O–H groups in total. The fraction of sp³-hybridized carbons (Fsp3) is 0.333. The van der Waals surface area contributed by atoms with Gasteiger partial charge in [-0.25, -0.2) is 0 Å². The van der Waals surface area contributed by atoms with Crippen LogP contribution in [0.2, 0.25) is 0 Å². The molecule has 0 radical (unpaired) electrons. The number of benzene rings is 1. The van der Waals surface area contributed by atoms with Crippen LogP contribution in [0, 0.1) is 0 Å². The third-order valence-electron chi connectivity index (χ3n) is 2.12. The number of Topliss-reactive ketones (excluding diaryl/α,β-unsaturated/α-hetero) is 1. The van der Waals surface area contributed by atoms with Gasteiger partial charge in [-0.05, 0) is 0 Å². The molecule has 5 heteroatoms. The van der Waals surface area contributed by atoms with Gasteiger partial charge in [-0.15, -0.1) is 0 Å². The molecule has 0 atom stereocenters. The summed E-state index contributed by atoms with van der Waals surface area (Å²) in [4.78, 5) is 10.7. The first kappa shape index (κ1) is 14.7. The number of ketones is 1. The number of alkyl halides is 2. The van der Waals surface area contributed by atoms with Crippen molar-refractivity contribution in [3.05, 3.63) is 35.4 Å². The molecule has 1 aromatic carbocycles. The van der Waals surface area contributed by atoms with Crippen LogP contribution in [0.25, 0.3) is 0 Å². The van der Waals surface area contributed by atoms with Gasteiger partial charge in [-0.2, -0.15) is 0 Å². The summed E-state index contributed by atoms with van der Waals surface area (Å²) in [6, 6.07) is 7.74. The monoisotopic (exact) mass is 337 g/mol. The summed E-state index contributed by atoms with van der Waals surface area (Å²) in [5.74, 6) is 0.137. The Labute approximate surface area is 119 Å². The fourth-order valence-electron chi connectivity index (χ4n) is 1.43. The number of halogens is 2. The van der Waals surface area contributed by atoms with E-state index in [4.69, 9.17) is 23.2 Å². The van der Waals surface area contributed by atoms with Gasteiger partial charge in [0, 0.05) is 0 Å². The molecule has 0 aliphatic heterocycles.